The number of hydrogen-bond donors (Lipinski definition) is 0. The van der Waals surface area contributed by atoms with Crippen LogP contribution in [0.4, 0.5) is 17.1 Å². The second-order valence-electron chi connectivity index (χ2n) is 15.1. The van der Waals surface area contributed by atoms with Crippen LogP contribution in [0.1, 0.15) is 30.2 Å². The molecular weight excluding hydrogens is 789 g/mol. The summed E-state index contributed by atoms with van der Waals surface area (Å²) in [6.07, 6.45) is 0. The zero-order valence-corrected chi connectivity index (χ0v) is 33.7. The molecular formula is C62H40N2O. The van der Waals surface area contributed by atoms with Gasteiger partial charge in [0.15, 0.2) is 0 Å². The molecule has 2 heterocycles. The number of benzene rings is 11. The Hall–Kier alpha value is -8.66. The Balaban J connectivity index is 1.15. The summed E-state index contributed by atoms with van der Waals surface area (Å²) in [6, 6.07) is 14.8. The van der Waals surface area contributed by atoms with Gasteiger partial charge in [0.1, 0.15) is 11.2 Å². The first-order chi connectivity index (χ1) is 41.4. The van der Waals surface area contributed by atoms with Crippen molar-refractivity contribution < 1.29 is 34.6 Å². The van der Waals surface area contributed by atoms with E-state index in [0.29, 0.717) is 22.1 Å². The molecule has 0 atom stereocenters. The van der Waals surface area contributed by atoms with Crippen LogP contribution in [0.15, 0.2) is 247 Å². The topological polar surface area (TPSA) is 21.3 Å². The van der Waals surface area contributed by atoms with Crippen molar-refractivity contribution in [2.75, 3.05) is 4.90 Å². The number of fused-ring (bicyclic) bond motifs is 8. The Labute approximate surface area is 407 Å². The van der Waals surface area contributed by atoms with E-state index in [2.05, 4.69) is 4.57 Å². The number of furan rings is 1. The predicted molar refractivity (Wildman–Crippen MR) is 274 cm³/mol. The molecule has 0 aliphatic rings. The summed E-state index contributed by atoms with van der Waals surface area (Å²) in [5.41, 5.74) is -0.173. The molecule has 304 valence electrons. The zero-order chi connectivity index (χ0) is 62.0. The van der Waals surface area contributed by atoms with E-state index >= 15 is 0 Å². The Morgan fingerprint density at radius 2 is 1.00 bits per heavy atom. The van der Waals surface area contributed by atoms with Gasteiger partial charge in [0, 0.05) is 38.7 Å². The van der Waals surface area contributed by atoms with Crippen LogP contribution >= 0.6 is 0 Å². The van der Waals surface area contributed by atoms with E-state index in [0.717, 1.165) is 32.4 Å². The maximum absolute atomic E-state index is 10.00. The lowest BCUT2D eigenvalue weighted by atomic mass is 9.97. The van der Waals surface area contributed by atoms with Crippen LogP contribution in [0.2, 0.25) is 0 Å². The van der Waals surface area contributed by atoms with Crippen molar-refractivity contribution in [2.24, 2.45) is 0 Å². The summed E-state index contributed by atoms with van der Waals surface area (Å²) in [4.78, 5) is 0.993. The Morgan fingerprint density at radius 3 is 1.77 bits per heavy atom. The van der Waals surface area contributed by atoms with E-state index in [1.165, 1.54) is 6.07 Å². The van der Waals surface area contributed by atoms with Crippen molar-refractivity contribution in [1.29, 1.82) is 0 Å². The van der Waals surface area contributed by atoms with Crippen LogP contribution in [-0.4, -0.2) is 4.57 Å². The lowest BCUT2D eigenvalue weighted by molar-refractivity contribution is 0.670. The normalized spacial score (nSPS) is 16.4. The molecule has 0 saturated carbocycles. The van der Waals surface area contributed by atoms with Gasteiger partial charge in [0.25, 0.3) is 0 Å². The van der Waals surface area contributed by atoms with Gasteiger partial charge in [0.05, 0.1) is 58.0 Å². The first-order valence-corrected chi connectivity index (χ1v) is 20.5. The lowest BCUT2D eigenvalue weighted by Gasteiger charge is -2.27. The molecule has 0 aliphatic carbocycles. The Bertz CT molecular complexity index is 5170. The lowest BCUT2D eigenvalue weighted by Crippen LogP contribution is -2.10. The highest BCUT2D eigenvalue weighted by atomic mass is 16.3. The van der Waals surface area contributed by atoms with Gasteiger partial charge >= 0.3 is 0 Å². The third kappa shape index (κ3) is 6.05. The van der Waals surface area contributed by atoms with E-state index in [4.69, 9.17) is 22.2 Å². The van der Waals surface area contributed by atoms with Crippen molar-refractivity contribution in [3.05, 3.63) is 242 Å². The Morgan fingerprint density at radius 1 is 0.400 bits per heavy atom. The fourth-order valence-corrected chi connectivity index (χ4v) is 8.63. The highest BCUT2D eigenvalue weighted by Crippen LogP contribution is 2.48. The first kappa shape index (κ1) is 21.1. The largest absolute Gasteiger partial charge is 0.455 e. The molecule has 2 aromatic heterocycles. The first-order valence-electron chi connectivity index (χ1n) is 31.5. The van der Waals surface area contributed by atoms with Crippen LogP contribution in [0.25, 0.3) is 104 Å². The van der Waals surface area contributed by atoms with Gasteiger partial charge in [-0.1, -0.05) is 176 Å². The number of aromatic nitrogens is 1. The van der Waals surface area contributed by atoms with Gasteiger partial charge in [-0.25, -0.2) is 0 Å². The third-order valence-corrected chi connectivity index (χ3v) is 11.5. The molecule has 0 radical (unpaired) electrons. The highest BCUT2D eigenvalue weighted by molar-refractivity contribution is 6.18. The van der Waals surface area contributed by atoms with Gasteiger partial charge in [-0.3, -0.25) is 0 Å². The van der Waals surface area contributed by atoms with Crippen LogP contribution in [0, 0.1) is 0 Å². The average molecular weight is 851 g/mol. The molecule has 13 rings (SSSR count). The molecule has 11 aromatic carbocycles. The summed E-state index contributed by atoms with van der Waals surface area (Å²) >= 11 is 0. The molecule has 0 amide bonds. The smallest absolute Gasteiger partial charge is 0.145 e. The van der Waals surface area contributed by atoms with Gasteiger partial charge in [0.2, 0.25) is 0 Å². The molecule has 0 spiro atoms. The monoisotopic (exact) mass is 850 g/mol. The zero-order valence-electron chi connectivity index (χ0n) is 55.7. The molecule has 0 fully saturated rings. The maximum Gasteiger partial charge on any atom is 0.145 e. The number of hydrogen-bond acceptors (Lipinski definition) is 2. The minimum Gasteiger partial charge on any atom is -0.455 e. The van der Waals surface area contributed by atoms with Crippen molar-refractivity contribution >= 4 is 82.4 Å². The highest BCUT2D eigenvalue weighted by Gasteiger charge is 2.24. The standard InChI is InChI=1S/C62H40N2O/c1-2-16-45-40-46(29-28-41(45)14-1)42-30-34-47(35-31-42)63(48-36-32-44(33-37-48)50-23-13-17-43-15-3-4-18-49(43)50)59-39-38-54(62-61(59)55-22-8-12-27-60(55)65-62)53-21-7-11-26-58(53)64-56-24-9-5-19-51(56)52-20-6-10-25-57(52)64/h1-40H/i1D,2D,3D,4D,13D,14D,15D,16D,17D,18D,23D,28D,29D,30D,31D,32D,33D,34D,35D,36D,37D,40D. The van der Waals surface area contributed by atoms with Gasteiger partial charge < -0.3 is 13.9 Å². The van der Waals surface area contributed by atoms with Crippen LogP contribution < -0.4 is 4.90 Å². The van der Waals surface area contributed by atoms with Gasteiger partial charge in [-0.15, -0.1) is 0 Å². The van der Waals surface area contributed by atoms with Crippen molar-refractivity contribution in [3.63, 3.8) is 0 Å². The minimum absolute atomic E-state index is 0.0969. The molecule has 0 unspecified atom stereocenters. The summed E-state index contributed by atoms with van der Waals surface area (Å²) in [5, 5.41) is 0.502. The Kier molecular flexibility index (Phi) is 4.88. The van der Waals surface area contributed by atoms with E-state index in [-0.39, 0.29) is 16.7 Å². The van der Waals surface area contributed by atoms with E-state index in [9.17, 15) is 12.3 Å². The SMILES string of the molecule is [2H]c1c([2H])c(N(c2c([2H])c([2H])c(-c3c([2H])c([2H])c([2H])c4c([2H])c([2H])c([2H])c([2H])c34)c([2H])c2[2H])c2ccc(-c3ccccc3-n3c4ccccc4c4ccccc43)c3oc4ccccc4c23)c([2H])c([2H])c1-c1c([2H])c([2H])c2c([2H])c([2H])c([2H])c([2H])c2c1[2H]. The summed E-state index contributed by atoms with van der Waals surface area (Å²) in [7, 11) is 0. The molecule has 3 heteroatoms. The fourth-order valence-electron chi connectivity index (χ4n) is 8.63. The van der Waals surface area contributed by atoms with Crippen molar-refractivity contribution in [1.82, 2.24) is 4.57 Å². The minimum atomic E-state index is -0.951. The van der Waals surface area contributed by atoms with Crippen LogP contribution in [0.5, 0.6) is 0 Å². The van der Waals surface area contributed by atoms with Crippen LogP contribution in [-0.2, 0) is 0 Å². The summed E-state index contributed by atoms with van der Waals surface area (Å²) < 4.78 is 211. The molecule has 13 aromatic rings. The third-order valence-electron chi connectivity index (χ3n) is 11.5. The molecule has 65 heavy (non-hydrogen) atoms. The second kappa shape index (κ2) is 15.0. The van der Waals surface area contributed by atoms with Crippen molar-refractivity contribution in [2.45, 2.75) is 0 Å². The fraction of sp³-hybridized carbons (Fsp3) is 0. The van der Waals surface area contributed by atoms with E-state index in [1.54, 1.807) is 30.3 Å². The number of rotatable bonds is 7. The predicted octanol–water partition coefficient (Wildman–Crippen LogP) is 17.5. The van der Waals surface area contributed by atoms with Gasteiger partial charge in [-0.2, -0.15) is 0 Å². The summed E-state index contributed by atoms with van der Waals surface area (Å²) in [5.74, 6) is 0. The second-order valence-corrected chi connectivity index (χ2v) is 15.1. The quantitative estimate of drug-likeness (QED) is 0.159. The summed E-state index contributed by atoms with van der Waals surface area (Å²) in [6.45, 7) is 0. The molecule has 0 bridgehead atoms. The maximum atomic E-state index is 10.00. The van der Waals surface area contributed by atoms with Gasteiger partial charge in [-0.05, 0) is 110 Å². The molecule has 0 N–H and O–H groups in total. The average Bonchev–Trinajstić information content (AvgIpc) is 1.30. The van der Waals surface area contributed by atoms with E-state index < -0.39 is 188 Å². The van der Waals surface area contributed by atoms with E-state index in [1.807, 2.05) is 72.8 Å². The van der Waals surface area contributed by atoms with Crippen molar-refractivity contribution in [3.8, 4) is 39.1 Å². The number of anilines is 3. The molecule has 0 saturated heterocycles. The number of para-hydroxylation sites is 4. The van der Waals surface area contributed by atoms with Crippen LogP contribution in [0.3, 0.4) is 0 Å². The molecule has 3 nitrogen and oxygen atoms in total. The molecule has 0 aliphatic heterocycles. The number of nitrogens with zero attached hydrogens (tertiary/aromatic N) is 2.